The van der Waals surface area contributed by atoms with Crippen molar-refractivity contribution in [3.8, 4) is 17.1 Å². The SMILES string of the molecule is O=C(CCCn1nnc(-c2ccccc2)n1)Nc1ccc(OCC2CCCO2)cc1. The van der Waals surface area contributed by atoms with E-state index in [0.29, 0.717) is 31.8 Å². The molecule has 0 saturated carbocycles. The molecule has 1 atom stereocenters. The molecule has 1 aliphatic rings. The monoisotopic (exact) mass is 407 g/mol. The summed E-state index contributed by atoms with van der Waals surface area (Å²) < 4.78 is 11.3. The molecule has 1 fully saturated rings. The number of hydrogen-bond acceptors (Lipinski definition) is 6. The molecule has 8 heteroatoms. The molecule has 3 aromatic rings. The molecule has 2 heterocycles. The molecule has 1 aromatic heterocycles. The standard InChI is InChI=1S/C22H25N5O3/c28-21(9-4-14-27-25-22(24-26-27)17-6-2-1-3-7-17)23-18-10-12-19(13-11-18)30-16-20-8-5-15-29-20/h1-3,6-7,10-13,20H,4-5,8-9,14-16H2,(H,23,28). The van der Waals surface area contributed by atoms with Crippen molar-refractivity contribution in [1.82, 2.24) is 20.2 Å². The third kappa shape index (κ3) is 5.64. The van der Waals surface area contributed by atoms with Gasteiger partial charge in [0.2, 0.25) is 11.7 Å². The van der Waals surface area contributed by atoms with Crippen molar-refractivity contribution < 1.29 is 14.3 Å². The first-order chi connectivity index (χ1) is 14.8. The Morgan fingerprint density at radius 1 is 1.17 bits per heavy atom. The van der Waals surface area contributed by atoms with Crippen LogP contribution in [0.5, 0.6) is 5.75 Å². The van der Waals surface area contributed by atoms with E-state index in [-0.39, 0.29) is 12.0 Å². The highest BCUT2D eigenvalue weighted by Crippen LogP contribution is 2.19. The van der Waals surface area contributed by atoms with E-state index in [2.05, 4.69) is 20.7 Å². The summed E-state index contributed by atoms with van der Waals surface area (Å²) in [7, 11) is 0. The van der Waals surface area contributed by atoms with Crippen molar-refractivity contribution >= 4 is 11.6 Å². The minimum Gasteiger partial charge on any atom is -0.491 e. The van der Waals surface area contributed by atoms with E-state index in [9.17, 15) is 4.79 Å². The Morgan fingerprint density at radius 3 is 2.77 bits per heavy atom. The van der Waals surface area contributed by atoms with E-state index in [1.165, 1.54) is 4.80 Å². The summed E-state index contributed by atoms with van der Waals surface area (Å²) in [6.07, 6.45) is 3.33. The fourth-order valence-electron chi connectivity index (χ4n) is 3.24. The largest absolute Gasteiger partial charge is 0.491 e. The van der Waals surface area contributed by atoms with Gasteiger partial charge in [0.05, 0.1) is 12.6 Å². The van der Waals surface area contributed by atoms with E-state index in [0.717, 1.165) is 36.4 Å². The summed E-state index contributed by atoms with van der Waals surface area (Å²) in [6.45, 7) is 1.91. The molecular formula is C22H25N5O3. The van der Waals surface area contributed by atoms with Gasteiger partial charge in [-0.1, -0.05) is 30.3 Å². The van der Waals surface area contributed by atoms with E-state index in [4.69, 9.17) is 9.47 Å². The zero-order valence-corrected chi connectivity index (χ0v) is 16.7. The lowest BCUT2D eigenvalue weighted by Gasteiger charge is -2.12. The summed E-state index contributed by atoms with van der Waals surface area (Å²) in [5, 5.41) is 15.4. The molecule has 4 rings (SSSR count). The van der Waals surface area contributed by atoms with Gasteiger partial charge in [-0.05, 0) is 48.7 Å². The highest BCUT2D eigenvalue weighted by atomic mass is 16.5. The molecule has 0 radical (unpaired) electrons. The van der Waals surface area contributed by atoms with Gasteiger partial charge in [-0.3, -0.25) is 4.79 Å². The number of ether oxygens (including phenoxy) is 2. The molecule has 0 bridgehead atoms. The van der Waals surface area contributed by atoms with Gasteiger partial charge in [-0.25, -0.2) is 0 Å². The second kappa shape index (κ2) is 9.98. The number of aryl methyl sites for hydroxylation is 1. The molecule has 1 unspecified atom stereocenters. The molecule has 0 spiro atoms. The predicted molar refractivity (Wildman–Crippen MR) is 112 cm³/mol. The lowest BCUT2D eigenvalue weighted by atomic mass is 10.2. The highest BCUT2D eigenvalue weighted by molar-refractivity contribution is 5.90. The maximum atomic E-state index is 12.2. The van der Waals surface area contributed by atoms with E-state index in [1.807, 2.05) is 54.6 Å². The number of rotatable bonds is 9. The number of carbonyl (C=O) groups excluding carboxylic acids is 1. The summed E-state index contributed by atoms with van der Waals surface area (Å²) in [6, 6.07) is 17.1. The Hall–Kier alpha value is -3.26. The average molecular weight is 407 g/mol. The fourth-order valence-corrected chi connectivity index (χ4v) is 3.24. The molecule has 8 nitrogen and oxygen atoms in total. The predicted octanol–water partition coefficient (Wildman–Crippen LogP) is 3.32. The molecule has 1 N–H and O–H groups in total. The van der Waals surface area contributed by atoms with Gasteiger partial charge in [-0.15, -0.1) is 10.2 Å². The van der Waals surface area contributed by atoms with Crippen molar-refractivity contribution in [2.45, 2.75) is 38.3 Å². The first-order valence-corrected chi connectivity index (χ1v) is 10.2. The van der Waals surface area contributed by atoms with Crippen LogP contribution in [0.25, 0.3) is 11.4 Å². The topological polar surface area (TPSA) is 91.2 Å². The Balaban J connectivity index is 1.18. The van der Waals surface area contributed by atoms with Gasteiger partial charge in [0, 0.05) is 24.3 Å². The number of hydrogen-bond donors (Lipinski definition) is 1. The molecular weight excluding hydrogens is 382 g/mol. The van der Waals surface area contributed by atoms with Crippen LogP contribution in [0.1, 0.15) is 25.7 Å². The maximum absolute atomic E-state index is 12.2. The van der Waals surface area contributed by atoms with Gasteiger partial charge in [0.15, 0.2) is 0 Å². The number of aromatic nitrogens is 4. The van der Waals surface area contributed by atoms with Crippen LogP contribution >= 0.6 is 0 Å². The third-order valence-corrected chi connectivity index (χ3v) is 4.84. The molecule has 2 aromatic carbocycles. The minimum atomic E-state index is -0.0496. The second-order valence-corrected chi connectivity index (χ2v) is 7.20. The van der Waals surface area contributed by atoms with Crippen molar-refractivity contribution in [2.75, 3.05) is 18.5 Å². The first-order valence-electron chi connectivity index (χ1n) is 10.2. The maximum Gasteiger partial charge on any atom is 0.224 e. The van der Waals surface area contributed by atoms with Crippen LogP contribution in [0.15, 0.2) is 54.6 Å². The van der Waals surface area contributed by atoms with Crippen LogP contribution in [-0.2, 0) is 16.1 Å². The smallest absolute Gasteiger partial charge is 0.224 e. The fraction of sp³-hybridized carbons (Fsp3) is 0.364. The summed E-state index contributed by atoms with van der Waals surface area (Å²) in [5.74, 6) is 1.31. The Bertz CT molecular complexity index is 937. The number of nitrogens with one attached hydrogen (secondary N) is 1. The summed E-state index contributed by atoms with van der Waals surface area (Å²) >= 11 is 0. The Labute approximate surface area is 175 Å². The number of carbonyl (C=O) groups is 1. The molecule has 1 amide bonds. The molecule has 1 aliphatic heterocycles. The normalized spacial score (nSPS) is 15.8. The van der Waals surface area contributed by atoms with Crippen LogP contribution in [0, 0.1) is 0 Å². The second-order valence-electron chi connectivity index (χ2n) is 7.20. The van der Waals surface area contributed by atoms with Crippen LogP contribution < -0.4 is 10.1 Å². The third-order valence-electron chi connectivity index (χ3n) is 4.84. The zero-order chi connectivity index (χ0) is 20.6. The molecule has 156 valence electrons. The van der Waals surface area contributed by atoms with Crippen molar-refractivity contribution in [3.05, 3.63) is 54.6 Å². The van der Waals surface area contributed by atoms with Crippen LogP contribution in [-0.4, -0.2) is 45.4 Å². The molecule has 0 aliphatic carbocycles. The van der Waals surface area contributed by atoms with Gasteiger partial charge in [-0.2, -0.15) is 4.80 Å². The molecule has 1 saturated heterocycles. The van der Waals surface area contributed by atoms with Crippen LogP contribution in [0.4, 0.5) is 5.69 Å². The van der Waals surface area contributed by atoms with E-state index in [1.54, 1.807) is 0 Å². The number of benzene rings is 2. The lowest BCUT2D eigenvalue weighted by molar-refractivity contribution is -0.116. The number of anilines is 1. The van der Waals surface area contributed by atoms with Gasteiger partial charge in [0.1, 0.15) is 12.4 Å². The summed E-state index contributed by atoms with van der Waals surface area (Å²) in [5.41, 5.74) is 1.67. The van der Waals surface area contributed by atoms with Gasteiger partial charge >= 0.3 is 0 Å². The Morgan fingerprint density at radius 2 is 2.00 bits per heavy atom. The van der Waals surface area contributed by atoms with Gasteiger partial charge < -0.3 is 14.8 Å². The average Bonchev–Trinajstić information content (AvgIpc) is 3.46. The van der Waals surface area contributed by atoms with Gasteiger partial charge in [0.25, 0.3) is 0 Å². The number of amides is 1. The minimum absolute atomic E-state index is 0.0496. The summed E-state index contributed by atoms with van der Waals surface area (Å²) in [4.78, 5) is 13.7. The number of nitrogens with zero attached hydrogens (tertiary/aromatic N) is 4. The van der Waals surface area contributed by atoms with E-state index < -0.39 is 0 Å². The highest BCUT2D eigenvalue weighted by Gasteiger charge is 2.16. The van der Waals surface area contributed by atoms with Crippen LogP contribution in [0.3, 0.4) is 0 Å². The van der Waals surface area contributed by atoms with E-state index >= 15 is 0 Å². The first kappa shape index (κ1) is 20.0. The van der Waals surface area contributed by atoms with Crippen molar-refractivity contribution in [1.29, 1.82) is 0 Å². The number of tetrazole rings is 1. The lowest BCUT2D eigenvalue weighted by Crippen LogP contribution is -2.16. The quantitative estimate of drug-likeness (QED) is 0.585. The Kier molecular flexibility index (Phi) is 6.66. The van der Waals surface area contributed by atoms with Crippen molar-refractivity contribution in [2.24, 2.45) is 0 Å². The molecule has 30 heavy (non-hydrogen) atoms. The zero-order valence-electron chi connectivity index (χ0n) is 16.7. The van der Waals surface area contributed by atoms with Crippen LogP contribution in [0.2, 0.25) is 0 Å². The van der Waals surface area contributed by atoms with Crippen molar-refractivity contribution in [3.63, 3.8) is 0 Å².